The Kier molecular flexibility index (Phi) is 4.45. The molecular weight excluding hydrogens is 262 g/mol. The van der Waals surface area contributed by atoms with Gasteiger partial charge in [-0.1, -0.05) is 36.4 Å². The van der Waals surface area contributed by atoms with E-state index in [9.17, 15) is 13.6 Å². The third-order valence-corrected chi connectivity index (χ3v) is 3.21. The fourth-order valence-electron chi connectivity index (χ4n) is 2.26. The average Bonchev–Trinajstić information content (AvgIpc) is 2.42. The van der Waals surface area contributed by atoms with Crippen molar-refractivity contribution in [1.29, 1.82) is 0 Å². The van der Waals surface area contributed by atoms with Gasteiger partial charge in [0, 0.05) is 12.3 Å². The maximum Gasteiger partial charge on any atom is 0.303 e. The minimum Gasteiger partial charge on any atom is -0.481 e. The van der Waals surface area contributed by atoms with E-state index < -0.39 is 23.5 Å². The smallest absolute Gasteiger partial charge is 0.303 e. The Morgan fingerprint density at radius 3 is 1.80 bits per heavy atom. The average molecular weight is 276 g/mol. The van der Waals surface area contributed by atoms with E-state index in [0.29, 0.717) is 11.1 Å². The summed E-state index contributed by atoms with van der Waals surface area (Å²) in [4.78, 5) is 10.7. The lowest BCUT2D eigenvalue weighted by molar-refractivity contribution is -0.137. The summed E-state index contributed by atoms with van der Waals surface area (Å²) in [7, 11) is 0. The molecular formula is C16H14F2O2. The summed E-state index contributed by atoms with van der Waals surface area (Å²) in [6.45, 7) is 0. The second kappa shape index (κ2) is 6.28. The highest BCUT2D eigenvalue weighted by Gasteiger charge is 2.21. The number of carboxylic acid groups (broad SMARTS) is 1. The van der Waals surface area contributed by atoms with E-state index in [1.54, 1.807) is 36.4 Å². The van der Waals surface area contributed by atoms with Crippen LogP contribution in [-0.4, -0.2) is 11.1 Å². The van der Waals surface area contributed by atoms with Gasteiger partial charge in [-0.05, 0) is 29.7 Å². The molecule has 2 aromatic carbocycles. The van der Waals surface area contributed by atoms with Crippen LogP contribution in [-0.2, 0) is 4.79 Å². The molecule has 0 saturated heterocycles. The Hall–Kier alpha value is -2.23. The Bertz CT molecular complexity index is 565. The minimum absolute atomic E-state index is 0.146. The Morgan fingerprint density at radius 1 is 0.950 bits per heavy atom. The van der Waals surface area contributed by atoms with Crippen LogP contribution < -0.4 is 0 Å². The first-order chi connectivity index (χ1) is 9.59. The van der Waals surface area contributed by atoms with Crippen molar-refractivity contribution in [2.45, 2.75) is 18.8 Å². The largest absolute Gasteiger partial charge is 0.481 e. The van der Waals surface area contributed by atoms with Crippen LogP contribution in [0.3, 0.4) is 0 Å². The summed E-state index contributed by atoms with van der Waals surface area (Å²) in [6, 6.07) is 12.1. The third kappa shape index (κ3) is 3.20. The molecule has 1 N–H and O–H groups in total. The van der Waals surface area contributed by atoms with E-state index in [1.165, 1.54) is 12.1 Å². The van der Waals surface area contributed by atoms with Crippen LogP contribution in [0.15, 0.2) is 48.5 Å². The normalized spacial score (nSPS) is 10.8. The van der Waals surface area contributed by atoms with Crippen molar-refractivity contribution < 1.29 is 18.7 Å². The maximum atomic E-state index is 13.9. The van der Waals surface area contributed by atoms with Gasteiger partial charge in [0.25, 0.3) is 0 Å². The van der Waals surface area contributed by atoms with E-state index in [1.807, 2.05) is 0 Å². The standard InChI is InChI=1S/C16H14F2O2/c17-14-7-3-1-5-12(14)11(9-10-16(19)20)13-6-2-4-8-15(13)18/h1-8,11H,9-10H2,(H,19,20). The number of benzene rings is 2. The number of carbonyl (C=O) groups is 1. The molecule has 0 aliphatic rings. The summed E-state index contributed by atoms with van der Waals surface area (Å²) in [6.07, 6.45) is 0.00450. The minimum atomic E-state index is -0.984. The van der Waals surface area contributed by atoms with Crippen molar-refractivity contribution >= 4 is 5.97 Å². The summed E-state index contributed by atoms with van der Waals surface area (Å²) >= 11 is 0. The lowest BCUT2D eigenvalue weighted by Crippen LogP contribution is -2.08. The van der Waals surface area contributed by atoms with E-state index >= 15 is 0 Å². The molecule has 20 heavy (non-hydrogen) atoms. The van der Waals surface area contributed by atoms with Crippen molar-refractivity contribution in [3.05, 3.63) is 71.3 Å². The second-order valence-electron chi connectivity index (χ2n) is 4.53. The third-order valence-electron chi connectivity index (χ3n) is 3.21. The highest BCUT2D eigenvalue weighted by molar-refractivity contribution is 5.66. The fourth-order valence-corrected chi connectivity index (χ4v) is 2.26. The fraction of sp³-hybridized carbons (Fsp3) is 0.188. The van der Waals surface area contributed by atoms with Crippen molar-refractivity contribution in [1.82, 2.24) is 0 Å². The van der Waals surface area contributed by atoms with Crippen molar-refractivity contribution in [3.63, 3.8) is 0 Å². The predicted molar refractivity (Wildman–Crippen MR) is 71.5 cm³/mol. The van der Waals surface area contributed by atoms with Crippen LogP contribution in [0.4, 0.5) is 8.78 Å². The molecule has 0 unspecified atom stereocenters. The van der Waals surface area contributed by atoms with Crippen LogP contribution >= 0.6 is 0 Å². The number of carboxylic acids is 1. The van der Waals surface area contributed by atoms with Gasteiger partial charge in [-0.2, -0.15) is 0 Å². The predicted octanol–water partition coefficient (Wildman–Crippen LogP) is 3.96. The quantitative estimate of drug-likeness (QED) is 0.897. The SMILES string of the molecule is O=C(O)CCC(c1ccccc1F)c1ccccc1F. The second-order valence-corrected chi connectivity index (χ2v) is 4.53. The highest BCUT2D eigenvalue weighted by atomic mass is 19.1. The topological polar surface area (TPSA) is 37.3 Å². The van der Waals surface area contributed by atoms with Gasteiger partial charge in [-0.3, -0.25) is 4.79 Å². The summed E-state index contributed by atoms with van der Waals surface area (Å²) < 4.78 is 27.8. The van der Waals surface area contributed by atoms with Gasteiger partial charge in [0.1, 0.15) is 11.6 Å². The van der Waals surface area contributed by atoms with Crippen LogP contribution in [0, 0.1) is 11.6 Å². The zero-order chi connectivity index (χ0) is 14.5. The van der Waals surface area contributed by atoms with E-state index in [2.05, 4.69) is 0 Å². The molecule has 0 fully saturated rings. The van der Waals surface area contributed by atoms with Gasteiger partial charge in [-0.15, -0.1) is 0 Å². The van der Waals surface area contributed by atoms with Crippen LogP contribution in [0.5, 0.6) is 0 Å². The summed E-state index contributed by atoms with van der Waals surface area (Å²) in [5.74, 6) is -2.49. The molecule has 0 heterocycles. The number of rotatable bonds is 5. The zero-order valence-electron chi connectivity index (χ0n) is 10.7. The first kappa shape index (κ1) is 14.2. The molecule has 104 valence electrons. The van der Waals surface area contributed by atoms with Crippen molar-refractivity contribution in [2.75, 3.05) is 0 Å². The molecule has 0 spiro atoms. The summed E-state index contributed by atoms with van der Waals surface area (Å²) in [5, 5.41) is 8.81. The molecule has 0 saturated carbocycles. The van der Waals surface area contributed by atoms with Gasteiger partial charge in [-0.25, -0.2) is 8.78 Å². The molecule has 2 aromatic rings. The first-order valence-electron chi connectivity index (χ1n) is 6.30. The van der Waals surface area contributed by atoms with Crippen LogP contribution in [0.2, 0.25) is 0 Å². The summed E-state index contributed by atoms with van der Waals surface area (Å²) in [5.41, 5.74) is 0.637. The molecule has 0 atom stereocenters. The maximum absolute atomic E-state index is 13.9. The molecule has 0 aliphatic carbocycles. The molecule has 0 radical (unpaired) electrons. The van der Waals surface area contributed by atoms with E-state index in [0.717, 1.165) is 0 Å². The number of halogens is 2. The lowest BCUT2D eigenvalue weighted by atomic mass is 9.87. The lowest BCUT2D eigenvalue weighted by Gasteiger charge is -2.18. The molecule has 0 aromatic heterocycles. The monoisotopic (exact) mass is 276 g/mol. The zero-order valence-corrected chi connectivity index (χ0v) is 10.7. The first-order valence-corrected chi connectivity index (χ1v) is 6.30. The van der Waals surface area contributed by atoms with E-state index in [-0.39, 0.29) is 12.8 Å². The van der Waals surface area contributed by atoms with Gasteiger partial charge >= 0.3 is 5.97 Å². The van der Waals surface area contributed by atoms with Gasteiger partial charge in [0.15, 0.2) is 0 Å². The number of hydrogen-bond donors (Lipinski definition) is 1. The molecule has 0 bridgehead atoms. The van der Waals surface area contributed by atoms with Gasteiger partial charge < -0.3 is 5.11 Å². The highest BCUT2D eigenvalue weighted by Crippen LogP contribution is 2.32. The van der Waals surface area contributed by atoms with Gasteiger partial charge in [0.2, 0.25) is 0 Å². The van der Waals surface area contributed by atoms with Crippen molar-refractivity contribution in [2.24, 2.45) is 0 Å². The molecule has 0 amide bonds. The van der Waals surface area contributed by atoms with Crippen LogP contribution in [0.1, 0.15) is 29.9 Å². The Morgan fingerprint density at radius 2 is 1.40 bits per heavy atom. The van der Waals surface area contributed by atoms with E-state index in [4.69, 9.17) is 5.11 Å². The van der Waals surface area contributed by atoms with Gasteiger partial charge in [0.05, 0.1) is 0 Å². The molecule has 0 aliphatic heterocycles. The Labute approximate surface area is 115 Å². The number of aliphatic carboxylic acids is 1. The molecule has 2 nitrogen and oxygen atoms in total. The molecule has 4 heteroatoms. The number of hydrogen-bond acceptors (Lipinski definition) is 1. The van der Waals surface area contributed by atoms with Crippen molar-refractivity contribution in [3.8, 4) is 0 Å². The van der Waals surface area contributed by atoms with Crippen LogP contribution in [0.25, 0.3) is 0 Å². The Balaban J connectivity index is 2.42. The molecule has 2 rings (SSSR count).